The Balaban J connectivity index is -0.000000196. The molecule has 0 fully saturated rings. The zero-order valence-corrected chi connectivity index (χ0v) is 14.5. The van der Waals surface area contributed by atoms with Gasteiger partial charge in [0.05, 0.1) is 7.14 Å². The smallest absolute Gasteiger partial charge is 0.180 e. The molecule has 0 amide bonds. The number of rotatable bonds is 0. The first-order chi connectivity index (χ1) is 6.79. The monoisotopic (exact) mass is 500 g/mol. The summed E-state index contributed by atoms with van der Waals surface area (Å²) in [5.41, 5.74) is 0. The van der Waals surface area contributed by atoms with Crippen molar-refractivity contribution in [2.24, 2.45) is 0 Å². The molecule has 0 aliphatic carbocycles. The first kappa shape index (κ1) is 22.5. The number of nitrogens with one attached hydrogen (secondary N) is 2. The average Bonchev–Trinajstić information content (AvgIpc) is 2.21. The summed E-state index contributed by atoms with van der Waals surface area (Å²) < 4.78 is 2.47. The Hall–Kier alpha value is 0.300. The number of aromatic amines is 2. The van der Waals surface area contributed by atoms with E-state index in [1.54, 1.807) is 0 Å². The van der Waals surface area contributed by atoms with E-state index in [4.69, 9.17) is 0 Å². The lowest BCUT2D eigenvalue weighted by atomic mass is 10.5. The Morgan fingerprint density at radius 2 is 1.12 bits per heavy atom. The van der Waals surface area contributed by atoms with Gasteiger partial charge in [0.25, 0.3) is 0 Å². The third-order valence-corrected chi connectivity index (χ3v) is 2.68. The summed E-state index contributed by atoms with van der Waals surface area (Å²) in [5.74, 6) is 0. The average molecular weight is 501 g/mol. The summed E-state index contributed by atoms with van der Waals surface area (Å²) in [7, 11) is 0. The summed E-state index contributed by atoms with van der Waals surface area (Å²) in [6, 6.07) is 8.03. The lowest BCUT2D eigenvalue weighted by Gasteiger charge is -1.74. The molecule has 2 heterocycles. The van der Waals surface area contributed by atoms with Crippen molar-refractivity contribution in [2.45, 2.75) is 0 Å². The fourth-order valence-electron chi connectivity index (χ4n) is 0.743. The summed E-state index contributed by atoms with van der Waals surface area (Å²) in [6.07, 6.45) is 7.67. The maximum Gasteiger partial charge on any atom is 0.180 e. The molecule has 2 aromatic rings. The molecule has 0 aliphatic rings. The van der Waals surface area contributed by atoms with Gasteiger partial charge in [0, 0.05) is 12.1 Å². The van der Waals surface area contributed by atoms with Crippen molar-refractivity contribution < 1.29 is 40.3 Å². The molecule has 0 saturated heterocycles. The molecule has 0 radical (unpaired) electrons. The molecular formula is C10H12Cl2I2N2O. The molecule has 4 N–H and O–H groups in total. The van der Waals surface area contributed by atoms with Gasteiger partial charge >= 0.3 is 0 Å². The van der Waals surface area contributed by atoms with E-state index in [1.807, 2.05) is 49.1 Å². The third-order valence-electron chi connectivity index (χ3n) is 1.34. The van der Waals surface area contributed by atoms with Crippen molar-refractivity contribution in [3.63, 3.8) is 0 Å². The third kappa shape index (κ3) is 12.5. The zero-order valence-electron chi connectivity index (χ0n) is 8.63. The largest absolute Gasteiger partial charge is 1.00 e. The highest BCUT2D eigenvalue weighted by molar-refractivity contribution is 14.1. The topological polar surface area (TPSA) is 59.8 Å². The van der Waals surface area contributed by atoms with Gasteiger partial charge in [-0.2, -0.15) is 0 Å². The Kier molecular flexibility index (Phi) is 19.0. The van der Waals surface area contributed by atoms with Crippen LogP contribution in [0.3, 0.4) is 0 Å². The van der Waals surface area contributed by atoms with Crippen LogP contribution in [0.5, 0.6) is 0 Å². The van der Waals surface area contributed by atoms with Gasteiger partial charge in [-0.15, -0.1) is 0 Å². The molecule has 0 bridgehead atoms. The molecule has 0 unspecified atom stereocenters. The molecule has 7 heteroatoms. The molecule has 3 nitrogen and oxygen atoms in total. The predicted molar refractivity (Wildman–Crippen MR) is 75.0 cm³/mol. The summed E-state index contributed by atoms with van der Waals surface area (Å²) in [4.78, 5) is 5.91. The fraction of sp³-hybridized carbons (Fsp3) is 0. The summed E-state index contributed by atoms with van der Waals surface area (Å²) in [5, 5.41) is 0. The highest BCUT2D eigenvalue weighted by Gasteiger charge is 1.82. The summed E-state index contributed by atoms with van der Waals surface area (Å²) in [6.45, 7) is 0. The van der Waals surface area contributed by atoms with Crippen LogP contribution in [0.4, 0.5) is 0 Å². The quantitative estimate of drug-likeness (QED) is 0.327. The summed E-state index contributed by atoms with van der Waals surface area (Å²) >= 11 is 4.50. The highest BCUT2D eigenvalue weighted by atomic mass is 127. The minimum absolute atomic E-state index is 0. The zero-order chi connectivity index (χ0) is 10.2. The van der Waals surface area contributed by atoms with E-state index in [1.165, 1.54) is 7.14 Å². The second-order valence-electron chi connectivity index (χ2n) is 2.44. The number of pyridine rings is 2. The Morgan fingerprint density at radius 1 is 0.765 bits per heavy atom. The van der Waals surface area contributed by atoms with Crippen LogP contribution < -0.4 is 34.8 Å². The minimum atomic E-state index is 0. The van der Waals surface area contributed by atoms with Gasteiger partial charge < -0.3 is 30.3 Å². The number of halogens is 4. The predicted octanol–water partition coefficient (Wildman–Crippen LogP) is -4.61. The van der Waals surface area contributed by atoms with Gasteiger partial charge in [-0.05, 0) is 57.3 Å². The van der Waals surface area contributed by atoms with E-state index in [2.05, 4.69) is 55.1 Å². The molecule has 2 aromatic heterocycles. The van der Waals surface area contributed by atoms with Gasteiger partial charge in [0.1, 0.15) is 0 Å². The van der Waals surface area contributed by atoms with E-state index in [0.29, 0.717) is 0 Å². The second-order valence-corrected chi connectivity index (χ2v) is 4.93. The Morgan fingerprint density at radius 3 is 1.24 bits per heavy atom. The van der Waals surface area contributed by atoms with Crippen LogP contribution in [0.2, 0.25) is 0 Å². The fourth-order valence-corrected chi connectivity index (χ4v) is 1.52. The van der Waals surface area contributed by atoms with Gasteiger partial charge in [-0.1, -0.05) is 0 Å². The number of hydrogen-bond donors (Lipinski definition) is 0. The lowest BCUT2D eigenvalue weighted by molar-refractivity contribution is -0.379. The molecule has 17 heavy (non-hydrogen) atoms. The first-order valence-electron chi connectivity index (χ1n) is 4.02. The molecule has 0 saturated carbocycles. The van der Waals surface area contributed by atoms with E-state index in [9.17, 15) is 0 Å². The van der Waals surface area contributed by atoms with Gasteiger partial charge in [0.2, 0.25) is 0 Å². The van der Waals surface area contributed by atoms with E-state index < -0.39 is 0 Å². The van der Waals surface area contributed by atoms with Crippen LogP contribution in [0.25, 0.3) is 0 Å². The maximum absolute atomic E-state index is 2.95. The van der Waals surface area contributed by atoms with Gasteiger partial charge in [-0.3, -0.25) is 0 Å². The maximum atomic E-state index is 2.95. The van der Waals surface area contributed by atoms with E-state index in [-0.39, 0.29) is 30.3 Å². The number of aromatic nitrogens is 2. The minimum Gasteiger partial charge on any atom is -1.00 e. The molecular weight excluding hydrogens is 489 g/mol. The van der Waals surface area contributed by atoms with E-state index in [0.717, 1.165) is 0 Å². The van der Waals surface area contributed by atoms with Crippen molar-refractivity contribution in [3.05, 3.63) is 56.2 Å². The highest BCUT2D eigenvalue weighted by Crippen LogP contribution is 1.95. The van der Waals surface area contributed by atoms with Crippen molar-refractivity contribution in [2.75, 3.05) is 0 Å². The van der Waals surface area contributed by atoms with E-state index >= 15 is 0 Å². The Bertz CT molecular complexity index is 328. The van der Waals surface area contributed by atoms with Crippen LogP contribution in [0, 0.1) is 7.14 Å². The van der Waals surface area contributed by atoms with Crippen LogP contribution in [-0.2, 0) is 0 Å². The normalized spacial score (nSPS) is 7.18. The van der Waals surface area contributed by atoms with Crippen LogP contribution in [0.1, 0.15) is 0 Å². The lowest BCUT2D eigenvalue weighted by Crippen LogP contribution is -3.00. The number of hydrogen-bond acceptors (Lipinski definition) is 0. The number of H-pyrrole nitrogens is 2. The molecule has 0 spiro atoms. The standard InChI is InChI=1S/2C5H4IN.2ClH.H2O/c2*6-5-2-1-3-7-4-5;;;/h2*1-4H;2*1H;1H2. The van der Waals surface area contributed by atoms with Gasteiger partial charge in [0.15, 0.2) is 24.8 Å². The van der Waals surface area contributed by atoms with Crippen molar-refractivity contribution in [3.8, 4) is 0 Å². The van der Waals surface area contributed by atoms with Gasteiger partial charge in [-0.25, -0.2) is 9.97 Å². The first-order valence-corrected chi connectivity index (χ1v) is 6.18. The van der Waals surface area contributed by atoms with Crippen molar-refractivity contribution in [1.82, 2.24) is 0 Å². The molecule has 0 aromatic carbocycles. The molecule has 96 valence electrons. The Labute approximate surface area is 140 Å². The SMILES string of the molecule is Ic1ccc[nH+]c1.Ic1ccc[nH+]c1.O.[Cl-].[Cl-]. The molecule has 0 atom stereocenters. The second kappa shape index (κ2) is 14.4. The molecule has 0 aliphatic heterocycles. The molecule has 2 rings (SSSR count). The van der Waals surface area contributed by atoms with Crippen LogP contribution >= 0.6 is 45.2 Å². The van der Waals surface area contributed by atoms with Crippen LogP contribution in [0.15, 0.2) is 49.1 Å². The van der Waals surface area contributed by atoms with Crippen molar-refractivity contribution in [1.29, 1.82) is 0 Å². The van der Waals surface area contributed by atoms with Crippen LogP contribution in [-0.4, -0.2) is 5.48 Å². The van der Waals surface area contributed by atoms with Crippen molar-refractivity contribution >= 4 is 45.2 Å².